The van der Waals surface area contributed by atoms with Gasteiger partial charge in [0.1, 0.15) is 5.75 Å². The minimum atomic E-state index is -4.47. The molecule has 0 saturated carbocycles. The van der Waals surface area contributed by atoms with Crippen LogP contribution in [0.3, 0.4) is 0 Å². The van der Waals surface area contributed by atoms with Crippen LogP contribution in [0.5, 0.6) is 5.75 Å². The number of ether oxygens (including phenoxy) is 1. The van der Waals surface area contributed by atoms with E-state index in [1.54, 1.807) is 31.2 Å². The Hall–Kier alpha value is -2.41. The summed E-state index contributed by atoms with van der Waals surface area (Å²) in [6.45, 7) is 1.58. The van der Waals surface area contributed by atoms with Crippen molar-refractivity contribution in [1.29, 1.82) is 0 Å². The van der Waals surface area contributed by atoms with E-state index in [9.17, 15) is 18.0 Å². The highest BCUT2D eigenvalue weighted by atomic mass is 35.5. The van der Waals surface area contributed by atoms with Crippen molar-refractivity contribution in [2.24, 2.45) is 0 Å². The standard InChI is InChI=1S/C16H14ClF3N2O2/c1-10(24-14-7-5-12(17)6-8-14)21-15(23)22-13-4-2-3-11(9-13)16(18,19)20/h2-10H,1H3,(H2,21,22,23). The molecule has 4 nitrogen and oxygen atoms in total. The molecule has 0 fully saturated rings. The van der Waals surface area contributed by atoms with Crippen LogP contribution < -0.4 is 15.4 Å². The van der Waals surface area contributed by atoms with Gasteiger partial charge in [0, 0.05) is 10.7 Å². The van der Waals surface area contributed by atoms with Crippen LogP contribution in [0.2, 0.25) is 5.02 Å². The third-order valence-electron chi connectivity index (χ3n) is 2.91. The van der Waals surface area contributed by atoms with Crippen molar-refractivity contribution in [3.05, 3.63) is 59.1 Å². The lowest BCUT2D eigenvalue weighted by Crippen LogP contribution is -2.39. The zero-order chi connectivity index (χ0) is 17.7. The third-order valence-corrected chi connectivity index (χ3v) is 3.16. The number of urea groups is 1. The quantitative estimate of drug-likeness (QED) is 0.763. The van der Waals surface area contributed by atoms with Crippen LogP contribution in [-0.2, 0) is 6.18 Å². The number of carbonyl (C=O) groups excluding carboxylic acids is 1. The van der Waals surface area contributed by atoms with Crippen molar-refractivity contribution < 1.29 is 22.7 Å². The van der Waals surface area contributed by atoms with Crippen molar-refractivity contribution in [2.75, 3.05) is 5.32 Å². The van der Waals surface area contributed by atoms with E-state index >= 15 is 0 Å². The molecule has 8 heteroatoms. The Balaban J connectivity index is 1.92. The zero-order valence-corrected chi connectivity index (χ0v) is 13.3. The van der Waals surface area contributed by atoms with Crippen LogP contribution in [0.15, 0.2) is 48.5 Å². The van der Waals surface area contributed by atoms with Gasteiger partial charge in [0.2, 0.25) is 0 Å². The molecule has 24 heavy (non-hydrogen) atoms. The molecule has 0 aromatic heterocycles. The minimum Gasteiger partial charge on any atom is -0.471 e. The Labute approximate surface area is 141 Å². The molecule has 0 heterocycles. The number of carbonyl (C=O) groups is 1. The minimum absolute atomic E-state index is 0.0287. The second-order valence-corrected chi connectivity index (χ2v) is 5.33. The first kappa shape index (κ1) is 17.9. The predicted molar refractivity (Wildman–Crippen MR) is 85.1 cm³/mol. The summed E-state index contributed by atoms with van der Waals surface area (Å²) in [5.41, 5.74) is -0.813. The fraction of sp³-hybridized carbons (Fsp3) is 0.188. The maximum absolute atomic E-state index is 12.6. The number of benzene rings is 2. The van der Waals surface area contributed by atoms with Gasteiger partial charge >= 0.3 is 12.2 Å². The Morgan fingerprint density at radius 3 is 2.46 bits per heavy atom. The molecule has 0 aliphatic rings. The number of hydrogen-bond donors (Lipinski definition) is 2. The normalized spacial score (nSPS) is 12.4. The number of halogens is 4. The number of nitrogens with one attached hydrogen (secondary N) is 2. The molecule has 128 valence electrons. The van der Waals surface area contributed by atoms with Gasteiger partial charge in [-0.1, -0.05) is 17.7 Å². The average Bonchev–Trinajstić information content (AvgIpc) is 2.49. The van der Waals surface area contributed by atoms with Gasteiger partial charge in [-0.05, 0) is 49.4 Å². The van der Waals surface area contributed by atoms with E-state index in [1.807, 2.05) is 0 Å². The molecule has 0 bridgehead atoms. The number of rotatable bonds is 4. The van der Waals surface area contributed by atoms with Crippen LogP contribution in [0.4, 0.5) is 23.7 Å². The van der Waals surface area contributed by atoms with E-state index in [4.69, 9.17) is 16.3 Å². The summed E-state index contributed by atoms with van der Waals surface area (Å²) in [5.74, 6) is 0.492. The number of hydrogen-bond acceptors (Lipinski definition) is 2. The Kier molecular flexibility index (Phi) is 5.56. The molecule has 0 aliphatic heterocycles. The van der Waals surface area contributed by atoms with Crippen molar-refractivity contribution >= 4 is 23.3 Å². The summed E-state index contributed by atoms with van der Waals surface area (Å²) in [6, 6.07) is 10.2. The van der Waals surface area contributed by atoms with E-state index in [0.29, 0.717) is 10.8 Å². The summed E-state index contributed by atoms with van der Waals surface area (Å²) in [5, 5.41) is 5.34. The van der Waals surface area contributed by atoms with E-state index in [2.05, 4.69) is 10.6 Å². The van der Waals surface area contributed by atoms with Gasteiger partial charge < -0.3 is 15.4 Å². The van der Waals surface area contributed by atoms with E-state index in [0.717, 1.165) is 12.1 Å². The molecule has 0 saturated heterocycles. The van der Waals surface area contributed by atoms with Gasteiger partial charge in [0.05, 0.1) is 5.56 Å². The first-order valence-corrected chi connectivity index (χ1v) is 7.29. The second-order valence-electron chi connectivity index (χ2n) is 4.89. The predicted octanol–water partition coefficient (Wildman–Crippen LogP) is 4.91. The van der Waals surface area contributed by atoms with Crippen LogP contribution in [-0.4, -0.2) is 12.3 Å². The Morgan fingerprint density at radius 2 is 1.83 bits per heavy atom. The summed E-state index contributed by atoms with van der Waals surface area (Å²) < 4.78 is 43.3. The van der Waals surface area contributed by atoms with Crippen molar-refractivity contribution in [2.45, 2.75) is 19.3 Å². The van der Waals surface area contributed by atoms with Gasteiger partial charge in [-0.25, -0.2) is 4.79 Å². The van der Waals surface area contributed by atoms with Crippen molar-refractivity contribution in [3.8, 4) is 5.75 Å². The third kappa shape index (κ3) is 5.34. The SMILES string of the molecule is CC(NC(=O)Nc1cccc(C(F)(F)F)c1)Oc1ccc(Cl)cc1. The van der Waals surface area contributed by atoms with Crippen LogP contribution >= 0.6 is 11.6 Å². The molecule has 2 amide bonds. The fourth-order valence-corrected chi connectivity index (χ4v) is 2.00. The second kappa shape index (κ2) is 7.44. The molecule has 1 unspecified atom stereocenters. The monoisotopic (exact) mass is 358 g/mol. The summed E-state index contributed by atoms with van der Waals surface area (Å²) in [7, 11) is 0. The number of amides is 2. The molecule has 2 aromatic carbocycles. The van der Waals surface area contributed by atoms with Gasteiger partial charge in [-0.3, -0.25) is 0 Å². The lowest BCUT2D eigenvalue weighted by atomic mass is 10.2. The Bertz CT molecular complexity index is 705. The molecule has 2 aromatic rings. The van der Waals surface area contributed by atoms with E-state index in [-0.39, 0.29) is 5.69 Å². The molecule has 0 radical (unpaired) electrons. The first-order chi connectivity index (χ1) is 11.2. The first-order valence-electron chi connectivity index (χ1n) is 6.91. The van der Waals surface area contributed by atoms with Gasteiger partial charge in [-0.15, -0.1) is 0 Å². The van der Waals surface area contributed by atoms with E-state index in [1.165, 1.54) is 12.1 Å². The highest BCUT2D eigenvalue weighted by molar-refractivity contribution is 6.30. The summed E-state index contributed by atoms with van der Waals surface area (Å²) in [6.07, 6.45) is -5.17. The van der Waals surface area contributed by atoms with Gasteiger partial charge in [-0.2, -0.15) is 13.2 Å². The molecule has 1 atom stereocenters. The molecular weight excluding hydrogens is 345 g/mol. The molecule has 0 spiro atoms. The molecule has 2 N–H and O–H groups in total. The Morgan fingerprint density at radius 1 is 1.17 bits per heavy atom. The number of alkyl halides is 3. The topological polar surface area (TPSA) is 50.4 Å². The fourth-order valence-electron chi connectivity index (χ4n) is 1.87. The lowest BCUT2D eigenvalue weighted by Gasteiger charge is -2.17. The molecule has 0 aliphatic carbocycles. The van der Waals surface area contributed by atoms with Crippen molar-refractivity contribution in [1.82, 2.24) is 5.32 Å². The summed E-state index contributed by atoms with van der Waals surface area (Å²) in [4.78, 5) is 11.8. The average molecular weight is 359 g/mol. The zero-order valence-electron chi connectivity index (χ0n) is 12.5. The molecule has 2 rings (SSSR count). The highest BCUT2D eigenvalue weighted by Crippen LogP contribution is 2.30. The maximum atomic E-state index is 12.6. The number of anilines is 1. The maximum Gasteiger partial charge on any atom is 0.416 e. The van der Waals surface area contributed by atoms with Crippen molar-refractivity contribution in [3.63, 3.8) is 0 Å². The smallest absolute Gasteiger partial charge is 0.416 e. The van der Waals surface area contributed by atoms with E-state index < -0.39 is 24.0 Å². The van der Waals surface area contributed by atoms with Crippen LogP contribution in [0.25, 0.3) is 0 Å². The van der Waals surface area contributed by atoms with Gasteiger partial charge in [0.25, 0.3) is 0 Å². The van der Waals surface area contributed by atoms with Crippen LogP contribution in [0, 0.1) is 0 Å². The van der Waals surface area contributed by atoms with Gasteiger partial charge in [0.15, 0.2) is 6.23 Å². The molecular formula is C16H14ClF3N2O2. The largest absolute Gasteiger partial charge is 0.471 e. The summed E-state index contributed by atoms with van der Waals surface area (Å²) >= 11 is 5.75. The van der Waals surface area contributed by atoms with Crippen LogP contribution in [0.1, 0.15) is 12.5 Å². The highest BCUT2D eigenvalue weighted by Gasteiger charge is 2.30. The lowest BCUT2D eigenvalue weighted by molar-refractivity contribution is -0.137.